The lowest BCUT2D eigenvalue weighted by Gasteiger charge is -2.12. The van der Waals surface area contributed by atoms with Gasteiger partial charge in [-0.25, -0.2) is 0 Å². The summed E-state index contributed by atoms with van der Waals surface area (Å²) in [6.07, 6.45) is -1.53. The predicted octanol–water partition coefficient (Wildman–Crippen LogP) is 1.65. The lowest BCUT2D eigenvalue weighted by atomic mass is 9.93. The zero-order valence-electron chi connectivity index (χ0n) is 12.0. The molecule has 23 heavy (non-hydrogen) atoms. The third-order valence-electron chi connectivity index (χ3n) is 3.33. The standard InChI is InChI=1S/C16H14N2O5/c17-9-13(19)14-11(7-4-8-12(14)18(22)23)16(21)15(20)10-5-2-1-3-6-10/h1-8,15,20H,9,17H2. The SMILES string of the molecule is NCC(=O)c1c(C(=O)C(O)c2ccccc2)cccc1[N+](=O)[O-]. The van der Waals surface area contributed by atoms with E-state index in [2.05, 4.69) is 0 Å². The Hall–Kier alpha value is -2.90. The molecule has 0 fully saturated rings. The van der Waals surface area contributed by atoms with Crippen molar-refractivity contribution in [2.45, 2.75) is 6.10 Å². The molecule has 7 heteroatoms. The third-order valence-corrected chi connectivity index (χ3v) is 3.33. The Labute approximate surface area is 131 Å². The molecule has 1 unspecified atom stereocenters. The summed E-state index contributed by atoms with van der Waals surface area (Å²) in [7, 11) is 0. The molecule has 7 nitrogen and oxygen atoms in total. The maximum atomic E-state index is 12.5. The second kappa shape index (κ2) is 6.91. The molecule has 0 spiro atoms. The first-order valence-electron chi connectivity index (χ1n) is 6.75. The van der Waals surface area contributed by atoms with Crippen LogP contribution in [-0.4, -0.2) is 28.1 Å². The first-order chi connectivity index (χ1) is 11.0. The summed E-state index contributed by atoms with van der Waals surface area (Å²) in [6.45, 7) is -0.480. The van der Waals surface area contributed by atoms with Gasteiger partial charge in [-0.3, -0.25) is 19.7 Å². The number of carbonyl (C=O) groups excluding carboxylic acids is 2. The molecular formula is C16H14N2O5. The molecule has 0 aliphatic rings. The number of nitro groups is 1. The van der Waals surface area contributed by atoms with Gasteiger partial charge in [0.25, 0.3) is 5.69 Å². The van der Waals surface area contributed by atoms with E-state index in [1.807, 2.05) is 0 Å². The fourth-order valence-corrected chi connectivity index (χ4v) is 2.23. The number of ketones is 2. The number of nitrogens with two attached hydrogens (primary N) is 1. The van der Waals surface area contributed by atoms with E-state index < -0.39 is 34.8 Å². The van der Waals surface area contributed by atoms with E-state index >= 15 is 0 Å². The van der Waals surface area contributed by atoms with Crippen LogP contribution >= 0.6 is 0 Å². The molecule has 0 aliphatic carbocycles. The van der Waals surface area contributed by atoms with Crippen LogP contribution in [-0.2, 0) is 0 Å². The monoisotopic (exact) mass is 314 g/mol. The number of aliphatic hydroxyl groups is 1. The molecule has 0 amide bonds. The predicted molar refractivity (Wildman–Crippen MR) is 82.2 cm³/mol. The molecule has 0 aromatic heterocycles. The lowest BCUT2D eigenvalue weighted by Crippen LogP contribution is -2.21. The summed E-state index contributed by atoms with van der Waals surface area (Å²) in [5, 5.41) is 21.3. The first-order valence-corrected chi connectivity index (χ1v) is 6.75. The smallest absolute Gasteiger partial charge is 0.280 e. The molecule has 2 rings (SSSR count). The fraction of sp³-hybridized carbons (Fsp3) is 0.125. The van der Waals surface area contributed by atoms with Crippen LogP contribution in [0.4, 0.5) is 5.69 Å². The highest BCUT2D eigenvalue weighted by atomic mass is 16.6. The van der Waals surface area contributed by atoms with Crippen LogP contribution in [0.1, 0.15) is 32.4 Å². The Bertz CT molecular complexity index is 758. The minimum absolute atomic E-state index is 0.217. The average Bonchev–Trinajstić information content (AvgIpc) is 2.59. The van der Waals surface area contributed by atoms with Crippen LogP contribution in [0.15, 0.2) is 48.5 Å². The van der Waals surface area contributed by atoms with E-state index in [1.165, 1.54) is 12.1 Å². The van der Waals surface area contributed by atoms with Crippen molar-refractivity contribution in [1.29, 1.82) is 0 Å². The van der Waals surface area contributed by atoms with Crippen molar-refractivity contribution in [2.24, 2.45) is 5.73 Å². The molecule has 0 bridgehead atoms. The normalized spacial score (nSPS) is 11.7. The van der Waals surface area contributed by atoms with Crippen molar-refractivity contribution in [2.75, 3.05) is 6.54 Å². The van der Waals surface area contributed by atoms with E-state index in [9.17, 15) is 24.8 Å². The van der Waals surface area contributed by atoms with Crippen molar-refractivity contribution in [3.8, 4) is 0 Å². The molecular weight excluding hydrogens is 300 g/mol. The Balaban J connectivity index is 2.54. The number of nitrogens with zero attached hydrogens (tertiary/aromatic N) is 1. The second-order valence-corrected chi connectivity index (χ2v) is 4.76. The number of rotatable bonds is 6. The number of carbonyl (C=O) groups is 2. The van der Waals surface area contributed by atoms with Crippen molar-refractivity contribution < 1.29 is 19.6 Å². The molecule has 2 aromatic carbocycles. The highest BCUT2D eigenvalue weighted by molar-refractivity contribution is 6.13. The van der Waals surface area contributed by atoms with E-state index in [1.54, 1.807) is 30.3 Å². The Morgan fingerprint density at radius 1 is 1.13 bits per heavy atom. The highest BCUT2D eigenvalue weighted by Crippen LogP contribution is 2.27. The van der Waals surface area contributed by atoms with E-state index in [0.717, 1.165) is 6.07 Å². The Morgan fingerprint density at radius 2 is 1.78 bits per heavy atom. The summed E-state index contributed by atoms with van der Waals surface area (Å²) in [5.41, 5.74) is 4.51. The number of nitro benzene ring substituents is 1. The number of aliphatic hydroxyl groups excluding tert-OH is 1. The molecule has 1 atom stereocenters. The summed E-state index contributed by atoms with van der Waals surface area (Å²) in [5.74, 6) is -1.53. The number of hydrogen-bond acceptors (Lipinski definition) is 6. The second-order valence-electron chi connectivity index (χ2n) is 4.76. The zero-order valence-corrected chi connectivity index (χ0v) is 12.0. The maximum absolute atomic E-state index is 12.5. The summed E-state index contributed by atoms with van der Waals surface area (Å²) in [4.78, 5) is 34.8. The largest absolute Gasteiger partial charge is 0.380 e. The first kappa shape index (κ1) is 16.5. The van der Waals surface area contributed by atoms with Gasteiger partial charge in [0.2, 0.25) is 0 Å². The van der Waals surface area contributed by atoms with Gasteiger partial charge in [0, 0.05) is 11.6 Å². The molecule has 0 radical (unpaired) electrons. The van der Waals surface area contributed by atoms with Gasteiger partial charge in [-0.05, 0) is 5.56 Å². The summed E-state index contributed by atoms with van der Waals surface area (Å²) < 4.78 is 0. The Kier molecular flexibility index (Phi) is 4.95. The van der Waals surface area contributed by atoms with Gasteiger partial charge in [0.1, 0.15) is 11.7 Å². The van der Waals surface area contributed by atoms with E-state index in [4.69, 9.17) is 5.73 Å². The van der Waals surface area contributed by atoms with E-state index in [0.29, 0.717) is 5.56 Å². The minimum atomic E-state index is -1.53. The highest BCUT2D eigenvalue weighted by Gasteiger charge is 2.29. The van der Waals surface area contributed by atoms with Crippen molar-refractivity contribution in [1.82, 2.24) is 0 Å². The lowest BCUT2D eigenvalue weighted by molar-refractivity contribution is -0.385. The molecule has 3 N–H and O–H groups in total. The zero-order chi connectivity index (χ0) is 17.0. The van der Waals surface area contributed by atoms with Crippen LogP contribution in [0.5, 0.6) is 0 Å². The third kappa shape index (κ3) is 3.31. The number of Topliss-reactive ketones (excluding diaryl/α,β-unsaturated/α-hetero) is 2. The minimum Gasteiger partial charge on any atom is -0.380 e. The van der Waals surface area contributed by atoms with Crippen molar-refractivity contribution >= 4 is 17.3 Å². The summed E-state index contributed by atoms with van der Waals surface area (Å²) >= 11 is 0. The molecule has 2 aromatic rings. The van der Waals surface area contributed by atoms with Gasteiger partial charge in [-0.1, -0.05) is 42.5 Å². The van der Waals surface area contributed by atoms with Crippen molar-refractivity contribution in [3.63, 3.8) is 0 Å². The van der Waals surface area contributed by atoms with Crippen LogP contribution in [0, 0.1) is 10.1 Å². The van der Waals surface area contributed by atoms with Gasteiger partial charge in [-0.2, -0.15) is 0 Å². The van der Waals surface area contributed by atoms with Crippen LogP contribution in [0.2, 0.25) is 0 Å². The quantitative estimate of drug-likeness (QED) is 0.474. The topological polar surface area (TPSA) is 124 Å². The molecule has 0 saturated carbocycles. The molecule has 118 valence electrons. The summed E-state index contributed by atoms with van der Waals surface area (Å²) in [6, 6.07) is 11.8. The van der Waals surface area contributed by atoms with Gasteiger partial charge in [-0.15, -0.1) is 0 Å². The Morgan fingerprint density at radius 3 is 2.35 bits per heavy atom. The van der Waals surface area contributed by atoms with Crippen LogP contribution < -0.4 is 5.73 Å². The number of hydrogen-bond donors (Lipinski definition) is 2. The van der Waals surface area contributed by atoms with Gasteiger partial charge in [0.15, 0.2) is 11.6 Å². The van der Waals surface area contributed by atoms with Gasteiger partial charge in [0.05, 0.1) is 11.5 Å². The number of benzene rings is 2. The molecule has 0 saturated heterocycles. The molecule has 0 aliphatic heterocycles. The molecule has 0 heterocycles. The van der Waals surface area contributed by atoms with Crippen LogP contribution in [0.25, 0.3) is 0 Å². The van der Waals surface area contributed by atoms with Gasteiger partial charge < -0.3 is 10.8 Å². The fourth-order valence-electron chi connectivity index (χ4n) is 2.23. The van der Waals surface area contributed by atoms with Gasteiger partial charge >= 0.3 is 0 Å². The van der Waals surface area contributed by atoms with Crippen molar-refractivity contribution in [3.05, 3.63) is 75.3 Å². The van der Waals surface area contributed by atoms with E-state index in [-0.39, 0.29) is 11.1 Å². The average molecular weight is 314 g/mol. The maximum Gasteiger partial charge on any atom is 0.280 e. The van der Waals surface area contributed by atoms with Crippen LogP contribution in [0.3, 0.4) is 0 Å².